The zero-order chi connectivity index (χ0) is 13.8. The first-order valence-corrected chi connectivity index (χ1v) is 6.94. The van der Waals surface area contributed by atoms with Crippen molar-refractivity contribution in [1.29, 1.82) is 5.26 Å². The lowest BCUT2D eigenvalue weighted by Gasteiger charge is -2.26. The van der Waals surface area contributed by atoms with Gasteiger partial charge in [0, 0.05) is 31.0 Å². The lowest BCUT2D eigenvalue weighted by molar-refractivity contribution is 0.568. The van der Waals surface area contributed by atoms with Crippen LogP contribution in [0.3, 0.4) is 0 Å². The topological polar surface area (TPSA) is 52.8 Å². The van der Waals surface area contributed by atoms with Crippen molar-refractivity contribution < 1.29 is 0 Å². The molecule has 0 spiro atoms. The quantitative estimate of drug-likeness (QED) is 0.836. The van der Waals surface area contributed by atoms with Crippen LogP contribution < -0.4 is 4.90 Å². The van der Waals surface area contributed by atoms with Gasteiger partial charge in [0.15, 0.2) is 0 Å². The second kappa shape index (κ2) is 5.70. The van der Waals surface area contributed by atoms with E-state index in [4.69, 9.17) is 5.26 Å². The van der Waals surface area contributed by atoms with Gasteiger partial charge in [-0.1, -0.05) is 12.1 Å². The summed E-state index contributed by atoms with van der Waals surface area (Å²) >= 11 is 0. The summed E-state index contributed by atoms with van der Waals surface area (Å²) in [4.78, 5) is 11.2. The minimum absolute atomic E-state index is 0.655. The summed E-state index contributed by atoms with van der Waals surface area (Å²) in [6, 6.07) is 9.66. The van der Waals surface area contributed by atoms with E-state index in [0.717, 1.165) is 30.2 Å². The van der Waals surface area contributed by atoms with Crippen LogP contribution in [-0.4, -0.2) is 23.1 Å². The van der Waals surface area contributed by atoms with Gasteiger partial charge in [-0.2, -0.15) is 5.26 Å². The summed E-state index contributed by atoms with van der Waals surface area (Å²) in [6.07, 6.45) is 7.42. The van der Waals surface area contributed by atoms with Crippen LogP contribution in [0.4, 0.5) is 5.95 Å². The van der Waals surface area contributed by atoms with Crippen LogP contribution >= 0.6 is 0 Å². The van der Waals surface area contributed by atoms with Crippen molar-refractivity contribution in [3.05, 3.63) is 42.2 Å². The smallest absolute Gasteiger partial charge is 0.225 e. The minimum atomic E-state index is 0.655. The highest BCUT2D eigenvalue weighted by molar-refractivity contribution is 5.64. The molecule has 1 aliphatic heterocycles. The van der Waals surface area contributed by atoms with Crippen LogP contribution in [0.15, 0.2) is 36.7 Å². The monoisotopic (exact) mass is 264 g/mol. The molecule has 0 aliphatic carbocycles. The Hall–Kier alpha value is -2.41. The number of hydrogen-bond donors (Lipinski definition) is 0. The molecule has 100 valence electrons. The summed E-state index contributed by atoms with van der Waals surface area (Å²) in [5, 5.41) is 8.94. The largest absolute Gasteiger partial charge is 0.341 e. The summed E-state index contributed by atoms with van der Waals surface area (Å²) in [6.45, 7) is 2.09. The molecular weight excluding hydrogens is 248 g/mol. The highest BCUT2D eigenvalue weighted by atomic mass is 15.2. The maximum atomic E-state index is 8.94. The summed E-state index contributed by atoms with van der Waals surface area (Å²) in [5.41, 5.74) is 2.58. The van der Waals surface area contributed by atoms with Crippen LogP contribution in [0.2, 0.25) is 0 Å². The van der Waals surface area contributed by atoms with E-state index in [-0.39, 0.29) is 0 Å². The number of piperidine rings is 1. The maximum Gasteiger partial charge on any atom is 0.225 e. The molecule has 2 heterocycles. The number of benzene rings is 1. The molecular formula is C16H16N4. The highest BCUT2D eigenvalue weighted by Crippen LogP contribution is 2.21. The molecule has 1 fully saturated rings. The predicted octanol–water partition coefficient (Wildman–Crippen LogP) is 3.01. The Morgan fingerprint density at radius 3 is 2.45 bits per heavy atom. The fourth-order valence-electron chi connectivity index (χ4n) is 2.50. The van der Waals surface area contributed by atoms with Crippen LogP contribution in [0.25, 0.3) is 11.1 Å². The molecule has 0 N–H and O–H groups in total. The average Bonchev–Trinajstić information content (AvgIpc) is 2.56. The molecule has 0 radical (unpaired) electrons. The van der Waals surface area contributed by atoms with E-state index in [0.29, 0.717) is 5.56 Å². The number of aromatic nitrogens is 2. The van der Waals surface area contributed by atoms with Crippen molar-refractivity contribution in [2.75, 3.05) is 18.0 Å². The van der Waals surface area contributed by atoms with Gasteiger partial charge in [0.05, 0.1) is 11.6 Å². The van der Waals surface area contributed by atoms with Crippen LogP contribution in [0.5, 0.6) is 0 Å². The predicted molar refractivity (Wildman–Crippen MR) is 78.2 cm³/mol. The Balaban J connectivity index is 1.83. The van der Waals surface area contributed by atoms with Gasteiger partial charge in [-0.25, -0.2) is 9.97 Å². The molecule has 4 heteroatoms. The van der Waals surface area contributed by atoms with Gasteiger partial charge in [-0.15, -0.1) is 0 Å². The van der Waals surface area contributed by atoms with Crippen LogP contribution in [-0.2, 0) is 0 Å². The van der Waals surface area contributed by atoms with Crippen molar-refractivity contribution >= 4 is 5.95 Å². The normalized spacial score (nSPS) is 14.8. The molecule has 0 unspecified atom stereocenters. The van der Waals surface area contributed by atoms with Gasteiger partial charge < -0.3 is 4.90 Å². The van der Waals surface area contributed by atoms with Crippen molar-refractivity contribution in [2.45, 2.75) is 19.3 Å². The number of nitriles is 1. The van der Waals surface area contributed by atoms with E-state index in [2.05, 4.69) is 20.9 Å². The first-order chi connectivity index (χ1) is 9.86. The Morgan fingerprint density at radius 2 is 1.75 bits per heavy atom. The van der Waals surface area contributed by atoms with E-state index < -0.39 is 0 Å². The highest BCUT2D eigenvalue weighted by Gasteiger charge is 2.13. The molecule has 0 amide bonds. The van der Waals surface area contributed by atoms with E-state index in [9.17, 15) is 0 Å². The number of nitrogens with zero attached hydrogens (tertiary/aromatic N) is 4. The van der Waals surface area contributed by atoms with Gasteiger partial charge in [0.1, 0.15) is 0 Å². The molecule has 1 aromatic heterocycles. The first-order valence-electron chi connectivity index (χ1n) is 6.94. The molecule has 4 nitrogen and oxygen atoms in total. The Morgan fingerprint density at radius 1 is 1.00 bits per heavy atom. The number of hydrogen-bond acceptors (Lipinski definition) is 4. The van der Waals surface area contributed by atoms with Crippen molar-refractivity contribution in [3.8, 4) is 17.2 Å². The molecule has 0 atom stereocenters. The summed E-state index contributed by atoms with van der Waals surface area (Å²) < 4.78 is 0. The summed E-state index contributed by atoms with van der Waals surface area (Å²) in [7, 11) is 0. The van der Waals surface area contributed by atoms with Crippen LogP contribution in [0.1, 0.15) is 24.8 Å². The van der Waals surface area contributed by atoms with Crippen molar-refractivity contribution in [2.24, 2.45) is 0 Å². The fraction of sp³-hybridized carbons (Fsp3) is 0.312. The molecule has 2 aromatic rings. The minimum Gasteiger partial charge on any atom is -0.341 e. The number of rotatable bonds is 2. The number of anilines is 1. The average molecular weight is 264 g/mol. The Kier molecular flexibility index (Phi) is 3.60. The van der Waals surface area contributed by atoms with E-state index in [1.165, 1.54) is 19.3 Å². The molecule has 20 heavy (non-hydrogen) atoms. The van der Waals surface area contributed by atoms with Gasteiger partial charge >= 0.3 is 0 Å². The third-order valence-electron chi connectivity index (χ3n) is 3.60. The zero-order valence-corrected chi connectivity index (χ0v) is 11.3. The van der Waals surface area contributed by atoms with Gasteiger partial charge in [-0.05, 0) is 37.0 Å². The molecule has 1 aromatic carbocycles. The maximum absolute atomic E-state index is 8.94. The lowest BCUT2D eigenvalue weighted by Crippen LogP contribution is -2.30. The molecule has 1 saturated heterocycles. The second-order valence-corrected chi connectivity index (χ2v) is 5.01. The van der Waals surface area contributed by atoms with E-state index in [1.54, 1.807) is 6.07 Å². The van der Waals surface area contributed by atoms with Gasteiger partial charge in [0.2, 0.25) is 5.95 Å². The Bertz CT molecular complexity index is 622. The van der Waals surface area contributed by atoms with Crippen molar-refractivity contribution in [3.63, 3.8) is 0 Å². The zero-order valence-electron chi connectivity index (χ0n) is 11.3. The third-order valence-corrected chi connectivity index (χ3v) is 3.60. The SMILES string of the molecule is N#Cc1cccc(-c2cnc(N3CCCCC3)nc2)c1. The standard InChI is InChI=1S/C16H16N4/c17-10-13-5-4-6-14(9-13)15-11-18-16(19-12-15)20-7-2-1-3-8-20/h4-6,9,11-12H,1-3,7-8H2. The third kappa shape index (κ3) is 2.62. The van der Waals surface area contributed by atoms with Gasteiger partial charge in [-0.3, -0.25) is 0 Å². The summed E-state index contributed by atoms with van der Waals surface area (Å²) in [5.74, 6) is 0.810. The Labute approximate surface area is 118 Å². The molecule has 0 bridgehead atoms. The second-order valence-electron chi connectivity index (χ2n) is 5.01. The van der Waals surface area contributed by atoms with Crippen molar-refractivity contribution in [1.82, 2.24) is 9.97 Å². The molecule has 1 aliphatic rings. The first kappa shape index (κ1) is 12.6. The molecule has 3 rings (SSSR count). The fourth-order valence-corrected chi connectivity index (χ4v) is 2.50. The lowest BCUT2D eigenvalue weighted by atomic mass is 10.1. The van der Waals surface area contributed by atoms with E-state index in [1.807, 2.05) is 30.6 Å². The van der Waals surface area contributed by atoms with Gasteiger partial charge in [0.25, 0.3) is 0 Å². The molecule has 0 saturated carbocycles. The van der Waals surface area contributed by atoms with E-state index >= 15 is 0 Å². The van der Waals surface area contributed by atoms with Crippen LogP contribution in [0, 0.1) is 11.3 Å².